The minimum Gasteiger partial charge on any atom is -0.367 e. The van der Waals surface area contributed by atoms with Gasteiger partial charge in [-0.3, -0.25) is 4.98 Å². The number of hydrogen-bond donors (Lipinski definition) is 1. The average Bonchev–Trinajstić information content (AvgIpc) is 2.59. The number of nitrogens with zero attached hydrogens (tertiary/aromatic N) is 1. The topological polar surface area (TPSA) is 28.7 Å². The first-order valence-electron chi connectivity index (χ1n) is 3.96. The summed E-state index contributed by atoms with van der Waals surface area (Å²) < 4.78 is 0. The van der Waals surface area contributed by atoms with Gasteiger partial charge in [-0.25, -0.2) is 0 Å². The van der Waals surface area contributed by atoms with Gasteiger partial charge in [0.05, 0.1) is 0 Å². The van der Waals surface area contributed by atoms with Gasteiger partial charge in [0.1, 0.15) is 0 Å². The van der Waals surface area contributed by atoms with E-state index in [1.54, 1.807) is 0 Å². The predicted octanol–water partition coefficient (Wildman–Crippen LogP) is 2.00. The lowest BCUT2D eigenvalue weighted by Crippen LogP contribution is -1.84. The summed E-state index contributed by atoms with van der Waals surface area (Å²) in [6.07, 6.45) is 8.58. The van der Waals surface area contributed by atoms with Gasteiger partial charge in [-0.05, 0) is 35.7 Å². The lowest BCUT2D eigenvalue weighted by molar-refractivity contribution is 1.16. The van der Waals surface area contributed by atoms with E-state index in [2.05, 4.69) is 16.0 Å². The molecule has 2 aromatic rings. The Bertz CT molecular complexity index is 324. The standard InChI is InChI=1S/C10H10N2/c1-4-11-5-2-9(1)7-10-3-6-12-8-10/h1-6,8,12H,7H2. The fourth-order valence-electron chi connectivity index (χ4n) is 1.20. The van der Waals surface area contributed by atoms with Crippen LogP contribution in [0.15, 0.2) is 43.0 Å². The summed E-state index contributed by atoms with van der Waals surface area (Å²) in [7, 11) is 0. The van der Waals surface area contributed by atoms with Crippen molar-refractivity contribution in [1.82, 2.24) is 9.97 Å². The largest absolute Gasteiger partial charge is 0.367 e. The van der Waals surface area contributed by atoms with Gasteiger partial charge in [0.2, 0.25) is 0 Å². The first-order chi connectivity index (χ1) is 5.95. The molecule has 1 N–H and O–H groups in total. The molecule has 2 aromatic heterocycles. The molecular weight excluding hydrogens is 148 g/mol. The van der Waals surface area contributed by atoms with Crippen LogP contribution in [0, 0.1) is 0 Å². The molecule has 0 amide bonds. The lowest BCUT2D eigenvalue weighted by atomic mass is 10.1. The third-order valence-electron chi connectivity index (χ3n) is 1.82. The van der Waals surface area contributed by atoms with E-state index in [9.17, 15) is 0 Å². The third kappa shape index (κ3) is 1.53. The molecule has 2 heteroatoms. The van der Waals surface area contributed by atoms with Crippen LogP contribution in [0.5, 0.6) is 0 Å². The van der Waals surface area contributed by atoms with Crippen LogP contribution in [0.25, 0.3) is 0 Å². The van der Waals surface area contributed by atoms with E-state index in [1.165, 1.54) is 11.1 Å². The summed E-state index contributed by atoms with van der Waals surface area (Å²) in [5.74, 6) is 0. The van der Waals surface area contributed by atoms with E-state index in [0.29, 0.717) is 0 Å². The van der Waals surface area contributed by atoms with Crippen molar-refractivity contribution in [1.29, 1.82) is 0 Å². The van der Waals surface area contributed by atoms with E-state index in [1.807, 2.05) is 36.9 Å². The highest BCUT2D eigenvalue weighted by Gasteiger charge is 1.94. The molecule has 2 rings (SSSR count). The van der Waals surface area contributed by atoms with Crippen LogP contribution >= 0.6 is 0 Å². The third-order valence-corrected chi connectivity index (χ3v) is 1.82. The summed E-state index contributed by atoms with van der Waals surface area (Å²) in [5, 5.41) is 0. The van der Waals surface area contributed by atoms with Crippen LogP contribution in [-0.4, -0.2) is 9.97 Å². The number of aromatic amines is 1. The van der Waals surface area contributed by atoms with Crippen molar-refractivity contribution < 1.29 is 0 Å². The second-order valence-corrected chi connectivity index (χ2v) is 2.75. The Hall–Kier alpha value is -1.57. The summed E-state index contributed by atoms with van der Waals surface area (Å²) in [6, 6.07) is 6.15. The molecule has 2 nitrogen and oxygen atoms in total. The van der Waals surface area contributed by atoms with Crippen molar-refractivity contribution in [3.05, 3.63) is 54.1 Å². The van der Waals surface area contributed by atoms with Crippen molar-refractivity contribution >= 4 is 0 Å². The Morgan fingerprint density at radius 1 is 1.08 bits per heavy atom. The quantitative estimate of drug-likeness (QED) is 0.711. The molecule has 0 saturated heterocycles. The molecule has 0 spiro atoms. The van der Waals surface area contributed by atoms with Gasteiger partial charge in [0, 0.05) is 24.8 Å². The first kappa shape index (κ1) is 7.10. The second kappa shape index (κ2) is 3.22. The zero-order chi connectivity index (χ0) is 8.23. The smallest absolute Gasteiger partial charge is 0.0270 e. The minimum atomic E-state index is 0.978. The maximum absolute atomic E-state index is 3.97. The van der Waals surface area contributed by atoms with Gasteiger partial charge in [0.25, 0.3) is 0 Å². The minimum absolute atomic E-state index is 0.978. The number of H-pyrrole nitrogens is 1. The van der Waals surface area contributed by atoms with Crippen LogP contribution in [0.4, 0.5) is 0 Å². The number of nitrogens with one attached hydrogen (secondary N) is 1. The summed E-state index contributed by atoms with van der Waals surface area (Å²) in [4.78, 5) is 7.00. The monoisotopic (exact) mass is 158 g/mol. The van der Waals surface area contributed by atoms with E-state index in [4.69, 9.17) is 0 Å². The van der Waals surface area contributed by atoms with E-state index >= 15 is 0 Å². The van der Waals surface area contributed by atoms with Crippen LogP contribution in [0.3, 0.4) is 0 Å². The van der Waals surface area contributed by atoms with Crippen LogP contribution in [0.1, 0.15) is 11.1 Å². The number of pyridine rings is 1. The first-order valence-corrected chi connectivity index (χ1v) is 3.96. The molecule has 0 aliphatic carbocycles. The molecule has 12 heavy (non-hydrogen) atoms. The van der Waals surface area contributed by atoms with E-state index in [-0.39, 0.29) is 0 Å². The molecule has 0 aliphatic heterocycles. The fourth-order valence-corrected chi connectivity index (χ4v) is 1.20. The predicted molar refractivity (Wildman–Crippen MR) is 47.8 cm³/mol. The fraction of sp³-hybridized carbons (Fsp3) is 0.100. The number of rotatable bonds is 2. The van der Waals surface area contributed by atoms with Gasteiger partial charge in [-0.15, -0.1) is 0 Å². The summed E-state index contributed by atoms with van der Waals surface area (Å²) in [5.41, 5.74) is 2.60. The van der Waals surface area contributed by atoms with E-state index in [0.717, 1.165) is 6.42 Å². The van der Waals surface area contributed by atoms with Crippen molar-refractivity contribution in [2.24, 2.45) is 0 Å². The zero-order valence-electron chi connectivity index (χ0n) is 6.70. The van der Waals surface area contributed by atoms with Crippen molar-refractivity contribution in [2.45, 2.75) is 6.42 Å². The highest BCUT2D eigenvalue weighted by Crippen LogP contribution is 2.06. The molecule has 2 heterocycles. The summed E-state index contributed by atoms with van der Waals surface area (Å²) in [6.45, 7) is 0. The van der Waals surface area contributed by atoms with Gasteiger partial charge in [0.15, 0.2) is 0 Å². The SMILES string of the molecule is c1cc(Cc2cc[nH]c2)ccn1. The Labute approximate surface area is 71.3 Å². The lowest BCUT2D eigenvalue weighted by Gasteiger charge is -1.95. The highest BCUT2D eigenvalue weighted by molar-refractivity contribution is 5.21. The molecule has 60 valence electrons. The van der Waals surface area contributed by atoms with Crippen molar-refractivity contribution in [2.75, 3.05) is 0 Å². The Morgan fingerprint density at radius 3 is 2.58 bits per heavy atom. The molecule has 0 unspecified atom stereocenters. The maximum atomic E-state index is 3.97. The molecule has 0 radical (unpaired) electrons. The molecule has 0 saturated carbocycles. The molecule has 0 aliphatic rings. The second-order valence-electron chi connectivity index (χ2n) is 2.75. The Morgan fingerprint density at radius 2 is 1.92 bits per heavy atom. The van der Waals surface area contributed by atoms with Crippen LogP contribution in [0.2, 0.25) is 0 Å². The van der Waals surface area contributed by atoms with Crippen molar-refractivity contribution in [3.8, 4) is 0 Å². The van der Waals surface area contributed by atoms with Gasteiger partial charge >= 0.3 is 0 Å². The molecule has 0 bridgehead atoms. The van der Waals surface area contributed by atoms with Crippen molar-refractivity contribution in [3.63, 3.8) is 0 Å². The number of hydrogen-bond acceptors (Lipinski definition) is 1. The Balaban J connectivity index is 2.15. The molecular formula is C10H10N2. The number of aromatic nitrogens is 2. The van der Waals surface area contributed by atoms with Gasteiger partial charge in [-0.2, -0.15) is 0 Å². The summed E-state index contributed by atoms with van der Waals surface area (Å²) >= 11 is 0. The van der Waals surface area contributed by atoms with Crippen LogP contribution < -0.4 is 0 Å². The Kier molecular flexibility index (Phi) is 1.90. The molecule has 0 atom stereocenters. The van der Waals surface area contributed by atoms with E-state index < -0.39 is 0 Å². The molecule has 0 aromatic carbocycles. The maximum Gasteiger partial charge on any atom is 0.0270 e. The van der Waals surface area contributed by atoms with Crippen LogP contribution in [-0.2, 0) is 6.42 Å². The average molecular weight is 158 g/mol. The zero-order valence-corrected chi connectivity index (χ0v) is 6.70. The normalized spacial score (nSPS) is 10.0. The highest BCUT2D eigenvalue weighted by atomic mass is 14.6. The molecule has 0 fully saturated rings. The van der Waals surface area contributed by atoms with Gasteiger partial charge < -0.3 is 4.98 Å². The van der Waals surface area contributed by atoms with Gasteiger partial charge in [-0.1, -0.05) is 0 Å².